The van der Waals surface area contributed by atoms with Crippen LogP contribution >= 0.6 is 0 Å². The first-order valence-corrected chi connectivity index (χ1v) is 32.2. The van der Waals surface area contributed by atoms with Gasteiger partial charge in [-0.1, -0.05) is 315 Å². The molecule has 0 spiro atoms. The highest BCUT2D eigenvalue weighted by molar-refractivity contribution is 5.71. The molecule has 0 saturated carbocycles. The molecule has 0 heterocycles. The van der Waals surface area contributed by atoms with Crippen molar-refractivity contribution in [2.45, 2.75) is 374 Å². The summed E-state index contributed by atoms with van der Waals surface area (Å²) in [7, 11) is 0. The Morgan fingerprint density at radius 1 is 0.268 bits per heavy atom. The van der Waals surface area contributed by atoms with Crippen molar-refractivity contribution in [2.75, 3.05) is 13.2 Å². The summed E-state index contributed by atoms with van der Waals surface area (Å²) in [6.45, 7) is 6.71. The Bertz CT molecular complexity index is 1100. The molecule has 0 aromatic rings. The molecule has 0 aliphatic heterocycles. The number of carbonyl (C=O) groups excluding carboxylic acids is 3. The number of hydrogen-bond acceptors (Lipinski definition) is 6. The van der Waals surface area contributed by atoms with Crippen LogP contribution in [0.1, 0.15) is 367 Å². The highest BCUT2D eigenvalue weighted by Gasteiger charge is 2.19. The number of allylic oxidation sites excluding steroid dienone is 2. The van der Waals surface area contributed by atoms with Crippen LogP contribution in [0.3, 0.4) is 0 Å². The summed E-state index contributed by atoms with van der Waals surface area (Å²) in [6, 6.07) is 0. The Morgan fingerprint density at radius 2 is 0.465 bits per heavy atom. The third kappa shape index (κ3) is 58.9. The normalized spacial score (nSPS) is 12.0. The van der Waals surface area contributed by atoms with E-state index in [4.69, 9.17) is 14.2 Å². The minimum atomic E-state index is -0.765. The fraction of sp³-hybridized carbons (Fsp3) is 0.923. The van der Waals surface area contributed by atoms with E-state index in [2.05, 4.69) is 32.9 Å². The smallest absolute Gasteiger partial charge is 0.306 e. The van der Waals surface area contributed by atoms with Gasteiger partial charge >= 0.3 is 17.9 Å². The molecule has 0 aliphatic rings. The Kier molecular flexibility index (Phi) is 59.1. The van der Waals surface area contributed by atoms with Crippen molar-refractivity contribution >= 4 is 17.9 Å². The maximum absolute atomic E-state index is 12.9. The van der Waals surface area contributed by atoms with E-state index in [0.717, 1.165) is 57.8 Å². The molecule has 0 radical (unpaired) electrons. The van der Waals surface area contributed by atoms with Crippen LogP contribution in [0.5, 0.6) is 0 Å². The van der Waals surface area contributed by atoms with Crippen molar-refractivity contribution < 1.29 is 28.6 Å². The summed E-state index contributed by atoms with van der Waals surface area (Å²) >= 11 is 0. The van der Waals surface area contributed by atoms with Crippen LogP contribution in [-0.2, 0) is 28.6 Å². The minimum Gasteiger partial charge on any atom is -0.462 e. The molecule has 6 heteroatoms. The summed E-state index contributed by atoms with van der Waals surface area (Å²) in [5.41, 5.74) is 0. The Morgan fingerprint density at radius 3 is 0.704 bits per heavy atom. The summed E-state index contributed by atoms with van der Waals surface area (Å²) in [5, 5.41) is 0. The van der Waals surface area contributed by atoms with Crippen molar-refractivity contribution in [3.63, 3.8) is 0 Å². The highest BCUT2D eigenvalue weighted by Crippen LogP contribution is 2.18. The largest absolute Gasteiger partial charge is 0.462 e. The van der Waals surface area contributed by atoms with Gasteiger partial charge in [-0.05, 0) is 44.9 Å². The molecular formula is C65H124O6. The monoisotopic (exact) mass is 1000 g/mol. The fourth-order valence-electron chi connectivity index (χ4n) is 9.91. The molecule has 0 bridgehead atoms. The van der Waals surface area contributed by atoms with Crippen molar-refractivity contribution in [1.29, 1.82) is 0 Å². The standard InChI is InChI=1S/C65H124O6/c1-4-7-10-13-16-19-22-25-28-30-31-32-33-34-35-36-38-40-43-46-49-52-55-58-64(67)70-61-62(60-69-63(66)57-54-51-48-45-42-39-27-24-21-18-15-12-9-6-3)71-65(68)59-56-53-50-47-44-41-37-29-26-23-20-17-14-11-8-5-2/h30-31,62H,4-29,32-61H2,1-3H3/b31-30-. The minimum absolute atomic E-state index is 0.0633. The molecule has 0 aliphatic carbocycles. The van der Waals surface area contributed by atoms with Gasteiger partial charge in [-0.3, -0.25) is 14.4 Å². The molecule has 0 aromatic heterocycles. The Labute approximate surface area is 443 Å². The second kappa shape index (κ2) is 60.7. The van der Waals surface area contributed by atoms with Crippen molar-refractivity contribution in [2.24, 2.45) is 0 Å². The topological polar surface area (TPSA) is 78.9 Å². The molecule has 71 heavy (non-hydrogen) atoms. The van der Waals surface area contributed by atoms with E-state index in [-0.39, 0.29) is 31.1 Å². The summed E-state index contributed by atoms with van der Waals surface area (Å²) < 4.78 is 16.9. The van der Waals surface area contributed by atoms with Crippen molar-refractivity contribution in [1.82, 2.24) is 0 Å². The van der Waals surface area contributed by atoms with E-state index >= 15 is 0 Å². The molecule has 0 saturated heterocycles. The van der Waals surface area contributed by atoms with Gasteiger partial charge in [0.2, 0.25) is 0 Å². The molecule has 1 atom stereocenters. The van der Waals surface area contributed by atoms with Gasteiger partial charge < -0.3 is 14.2 Å². The van der Waals surface area contributed by atoms with Crippen LogP contribution in [0.4, 0.5) is 0 Å². The Balaban J connectivity index is 4.24. The second-order valence-corrected chi connectivity index (χ2v) is 22.0. The third-order valence-electron chi connectivity index (χ3n) is 14.8. The van der Waals surface area contributed by atoms with Crippen LogP contribution < -0.4 is 0 Å². The lowest BCUT2D eigenvalue weighted by Gasteiger charge is -2.18. The molecule has 1 unspecified atom stereocenters. The SMILES string of the molecule is CCCCCCCCCC/C=C\CCCCCCCCCCCCCC(=O)OCC(COC(=O)CCCCCCCCCCCCCCCC)OC(=O)CCCCCCCCCCCCCCCCCC. The fourth-order valence-corrected chi connectivity index (χ4v) is 9.91. The number of hydrogen-bond donors (Lipinski definition) is 0. The molecule has 0 N–H and O–H groups in total. The van der Waals surface area contributed by atoms with E-state index < -0.39 is 6.10 Å². The van der Waals surface area contributed by atoms with E-state index in [9.17, 15) is 14.4 Å². The van der Waals surface area contributed by atoms with E-state index in [1.165, 1.54) is 270 Å². The number of ether oxygens (including phenoxy) is 3. The van der Waals surface area contributed by atoms with E-state index in [0.29, 0.717) is 19.3 Å². The Hall–Kier alpha value is -1.85. The number of esters is 3. The van der Waals surface area contributed by atoms with Crippen molar-refractivity contribution in [3.05, 3.63) is 12.2 Å². The van der Waals surface area contributed by atoms with Gasteiger partial charge in [-0.15, -0.1) is 0 Å². The number of carbonyl (C=O) groups is 3. The van der Waals surface area contributed by atoms with Gasteiger partial charge in [0.1, 0.15) is 13.2 Å². The average molecular weight is 1000 g/mol. The maximum Gasteiger partial charge on any atom is 0.306 e. The molecule has 420 valence electrons. The van der Waals surface area contributed by atoms with Gasteiger partial charge in [0.05, 0.1) is 0 Å². The van der Waals surface area contributed by atoms with Crippen LogP contribution in [0, 0.1) is 0 Å². The first-order chi connectivity index (χ1) is 35.0. The first kappa shape index (κ1) is 69.2. The number of unbranched alkanes of at least 4 members (excludes halogenated alkanes) is 47. The van der Waals surface area contributed by atoms with Crippen LogP contribution in [0.2, 0.25) is 0 Å². The lowest BCUT2D eigenvalue weighted by Crippen LogP contribution is -2.30. The van der Waals surface area contributed by atoms with Crippen LogP contribution in [-0.4, -0.2) is 37.2 Å². The molecule has 0 rings (SSSR count). The predicted octanol–water partition coefficient (Wildman–Crippen LogP) is 21.7. The maximum atomic E-state index is 12.9. The molecule has 0 aromatic carbocycles. The highest BCUT2D eigenvalue weighted by atomic mass is 16.6. The van der Waals surface area contributed by atoms with Gasteiger partial charge in [-0.2, -0.15) is 0 Å². The zero-order chi connectivity index (χ0) is 51.4. The van der Waals surface area contributed by atoms with Gasteiger partial charge in [0.25, 0.3) is 0 Å². The van der Waals surface area contributed by atoms with E-state index in [1.807, 2.05) is 0 Å². The van der Waals surface area contributed by atoms with E-state index in [1.54, 1.807) is 0 Å². The van der Waals surface area contributed by atoms with Crippen molar-refractivity contribution in [3.8, 4) is 0 Å². The summed E-state index contributed by atoms with van der Waals surface area (Å²) in [5.74, 6) is -0.833. The molecular weight excluding hydrogens is 877 g/mol. The van der Waals surface area contributed by atoms with Gasteiger partial charge in [-0.25, -0.2) is 0 Å². The zero-order valence-corrected chi connectivity index (χ0v) is 48.3. The summed E-state index contributed by atoms with van der Waals surface area (Å²) in [4.78, 5) is 38.3. The molecule has 6 nitrogen and oxygen atoms in total. The average Bonchev–Trinajstić information content (AvgIpc) is 3.37. The second-order valence-electron chi connectivity index (χ2n) is 22.0. The van der Waals surface area contributed by atoms with Gasteiger partial charge in [0.15, 0.2) is 6.10 Å². The summed E-state index contributed by atoms with van der Waals surface area (Å²) in [6.07, 6.45) is 70.7. The number of rotatable bonds is 60. The predicted molar refractivity (Wildman–Crippen MR) is 307 cm³/mol. The lowest BCUT2D eigenvalue weighted by atomic mass is 10.0. The quantitative estimate of drug-likeness (QED) is 0.0261. The molecule has 0 amide bonds. The molecule has 0 fully saturated rings. The lowest BCUT2D eigenvalue weighted by molar-refractivity contribution is -0.167. The third-order valence-corrected chi connectivity index (χ3v) is 14.8. The zero-order valence-electron chi connectivity index (χ0n) is 48.3. The first-order valence-electron chi connectivity index (χ1n) is 32.2. The van der Waals surface area contributed by atoms with Gasteiger partial charge in [0, 0.05) is 19.3 Å². The van der Waals surface area contributed by atoms with Crippen LogP contribution in [0.25, 0.3) is 0 Å². The van der Waals surface area contributed by atoms with Crippen LogP contribution in [0.15, 0.2) is 12.2 Å².